The number of carbonyl (C=O) groups excluding carboxylic acids is 3. The van der Waals surface area contributed by atoms with Crippen LogP contribution >= 0.6 is 0 Å². The highest BCUT2D eigenvalue weighted by molar-refractivity contribution is 6.02. The normalized spacial score (nSPS) is 11.7. The molecule has 2 amide bonds. The van der Waals surface area contributed by atoms with Gasteiger partial charge in [0.05, 0.1) is 12.2 Å². The van der Waals surface area contributed by atoms with Crippen molar-refractivity contribution in [1.82, 2.24) is 10.3 Å². The van der Waals surface area contributed by atoms with Crippen LogP contribution in [0.3, 0.4) is 0 Å². The van der Waals surface area contributed by atoms with E-state index < -0.39 is 23.8 Å². The minimum atomic E-state index is -0.987. The van der Waals surface area contributed by atoms with Crippen LogP contribution in [-0.2, 0) is 14.3 Å². The molecule has 144 valence electrons. The van der Waals surface area contributed by atoms with Crippen molar-refractivity contribution in [2.24, 2.45) is 5.73 Å². The van der Waals surface area contributed by atoms with Crippen LogP contribution < -0.4 is 11.1 Å². The van der Waals surface area contributed by atoms with E-state index in [0.717, 1.165) is 0 Å². The molecule has 2 aromatic rings. The van der Waals surface area contributed by atoms with Crippen LogP contribution in [0.2, 0.25) is 0 Å². The Morgan fingerprint density at radius 1 is 1.15 bits per heavy atom. The van der Waals surface area contributed by atoms with Gasteiger partial charge in [-0.05, 0) is 25.0 Å². The molecule has 0 radical (unpaired) electrons. The van der Waals surface area contributed by atoms with E-state index in [1.165, 1.54) is 7.11 Å². The number of benzene rings is 1. The zero-order valence-corrected chi connectivity index (χ0v) is 15.5. The van der Waals surface area contributed by atoms with Gasteiger partial charge in [0.25, 0.3) is 5.91 Å². The molecule has 0 aliphatic heterocycles. The molecule has 1 aromatic carbocycles. The third-order valence-electron chi connectivity index (χ3n) is 4.08. The van der Waals surface area contributed by atoms with Crippen molar-refractivity contribution >= 4 is 17.8 Å². The molecule has 1 heterocycles. The van der Waals surface area contributed by atoms with Crippen LogP contribution in [0, 0.1) is 13.8 Å². The standard InChI is InChI=1S/C19H23N3O5/c1-11-14(19(25)27-10-9-26-3)12(2)21-15(11)18(24)22-16(17(20)23)13-7-5-4-6-8-13/h4-8,16,21H,9-10H2,1-3H3,(H2,20,23)(H,22,24). The van der Waals surface area contributed by atoms with Gasteiger partial charge in [0.2, 0.25) is 5.91 Å². The summed E-state index contributed by atoms with van der Waals surface area (Å²) < 4.78 is 9.97. The number of esters is 1. The number of ether oxygens (including phenoxy) is 2. The molecule has 0 aliphatic carbocycles. The van der Waals surface area contributed by atoms with Gasteiger partial charge in [-0.2, -0.15) is 0 Å². The number of H-pyrrole nitrogens is 1. The maximum absolute atomic E-state index is 12.7. The molecule has 0 saturated heterocycles. The Bertz CT molecular complexity index is 829. The summed E-state index contributed by atoms with van der Waals surface area (Å²) in [6.45, 7) is 3.68. The quantitative estimate of drug-likeness (QED) is 0.476. The van der Waals surface area contributed by atoms with E-state index in [1.807, 2.05) is 0 Å². The van der Waals surface area contributed by atoms with Gasteiger partial charge >= 0.3 is 5.97 Å². The zero-order valence-electron chi connectivity index (χ0n) is 15.5. The van der Waals surface area contributed by atoms with Gasteiger partial charge in [-0.15, -0.1) is 0 Å². The van der Waals surface area contributed by atoms with E-state index in [9.17, 15) is 14.4 Å². The molecule has 4 N–H and O–H groups in total. The van der Waals surface area contributed by atoms with Crippen LogP contribution in [0.5, 0.6) is 0 Å². The first-order valence-electron chi connectivity index (χ1n) is 8.37. The van der Waals surface area contributed by atoms with Crippen LogP contribution in [0.25, 0.3) is 0 Å². The molecule has 27 heavy (non-hydrogen) atoms. The Morgan fingerprint density at radius 2 is 1.81 bits per heavy atom. The Balaban J connectivity index is 2.22. The maximum atomic E-state index is 12.7. The monoisotopic (exact) mass is 373 g/mol. The van der Waals surface area contributed by atoms with Crippen molar-refractivity contribution in [2.45, 2.75) is 19.9 Å². The highest BCUT2D eigenvalue weighted by Gasteiger charge is 2.26. The average Bonchev–Trinajstić information content (AvgIpc) is 2.94. The number of amides is 2. The van der Waals surface area contributed by atoms with E-state index >= 15 is 0 Å². The average molecular weight is 373 g/mol. The molecule has 0 aliphatic rings. The second kappa shape index (κ2) is 9.00. The number of methoxy groups -OCH3 is 1. The third-order valence-corrected chi connectivity index (χ3v) is 4.08. The smallest absolute Gasteiger partial charge is 0.340 e. The fourth-order valence-electron chi connectivity index (χ4n) is 2.74. The fourth-order valence-corrected chi connectivity index (χ4v) is 2.74. The molecular formula is C19H23N3O5. The molecule has 8 nitrogen and oxygen atoms in total. The fraction of sp³-hybridized carbons (Fsp3) is 0.316. The third kappa shape index (κ3) is 4.73. The van der Waals surface area contributed by atoms with Crippen molar-refractivity contribution in [3.63, 3.8) is 0 Å². The number of nitrogens with one attached hydrogen (secondary N) is 2. The Morgan fingerprint density at radius 3 is 2.41 bits per heavy atom. The summed E-state index contributed by atoms with van der Waals surface area (Å²) in [5.74, 6) is -1.78. The Labute approximate surface area is 157 Å². The molecule has 0 fully saturated rings. The maximum Gasteiger partial charge on any atom is 0.340 e. The first-order valence-corrected chi connectivity index (χ1v) is 8.37. The number of primary amides is 1. The second-order valence-electron chi connectivity index (χ2n) is 5.97. The van der Waals surface area contributed by atoms with E-state index in [-0.39, 0.29) is 24.5 Å². The van der Waals surface area contributed by atoms with E-state index in [2.05, 4.69) is 10.3 Å². The summed E-state index contributed by atoms with van der Waals surface area (Å²) in [5, 5.41) is 2.60. The lowest BCUT2D eigenvalue weighted by Crippen LogP contribution is -2.37. The largest absolute Gasteiger partial charge is 0.460 e. The van der Waals surface area contributed by atoms with E-state index in [1.54, 1.807) is 44.2 Å². The van der Waals surface area contributed by atoms with Gasteiger partial charge in [0, 0.05) is 12.8 Å². The summed E-state index contributed by atoms with van der Waals surface area (Å²) in [5.41, 5.74) is 7.39. The van der Waals surface area contributed by atoms with Gasteiger partial charge < -0.3 is 25.5 Å². The summed E-state index contributed by atoms with van der Waals surface area (Å²) in [4.78, 5) is 39.6. The number of aryl methyl sites for hydroxylation is 1. The SMILES string of the molecule is COCCOC(=O)c1c(C)[nH]c(C(=O)NC(C(N)=O)c2ccccc2)c1C. The summed E-state index contributed by atoms with van der Waals surface area (Å²) >= 11 is 0. The van der Waals surface area contributed by atoms with Crippen molar-refractivity contribution in [2.75, 3.05) is 20.3 Å². The van der Waals surface area contributed by atoms with Crippen molar-refractivity contribution < 1.29 is 23.9 Å². The van der Waals surface area contributed by atoms with Crippen LogP contribution in [0.4, 0.5) is 0 Å². The lowest BCUT2D eigenvalue weighted by Gasteiger charge is -2.15. The Kier molecular flexibility index (Phi) is 6.73. The first-order chi connectivity index (χ1) is 12.9. The van der Waals surface area contributed by atoms with Crippen LogP contribution in [-0.4, -0.2) is 43.1 Å². The predicted octanol–water partition coefficient (Wildman–Crippen LogP) is 1.39. The molecule has 8 heteroatoms. The topological polar surface area (TPSA) is 124 Å². The predicted molar refractivity (Wildman–Crippen MR) is 98.3 cm³/mol. The molecule has 0 bridgehead atoms. The number of nitrogens with two attached hydrogens (primary N) is 1. The van der Waals surface area contributed by atoms with Gasteiger partial charge in [0.1, 0.15) is 18.3 Å². The lowest BCUT2D eigenvalue weighted by atomic mass is 10.1. The number of aromatic amines is 1. The summed E-state index contributed by atoms with van der Waals surface area (Å²) in [7, 11) is 1.50. The van der Waals surface area contributed by atoms with E-state index in [0.29, 0.717) is 16.8 Å². The van der Waals surface area contributed by atoms with Crippen molar-refractivity contribution in [1.29, 1.82) is 0 Å². The lowest BCUT2D eigenvalue weighted by molar-refractivity contribution is -0.120. The Hall–Kier alpha value is -3.13. The molecule has 1 unspecified atom stereocenters. The first kappa shape index (κ1) is 20.2. The number of hydrogen-bond donors (Lipinski definition) is 3. The van der Waals surface area contributed by atoms with Crippen LogP contribution in [0.1, 0.15) is 43.7 Å². The van der Waals surface area contributed by atoms with Crippen LogP contribution in [0.15, 0.2) is 30.3 Å². The zero-order chi connectivity index (χ0) is 20.0. The molecular weight excluding hydrogens is 350 g/mol. The minimum Gasteiger partial charge on any atom is -0.460 e. The van der Waals surface area contributed by atoms with Gasteiger partial charge in [-0.25, -0.2) is 4.79 Å². The molecule has 1 atom stereocenters. The van der Waals surface area contributed by atoms with E-state index in [4.69, 9.17) is 15.2 Å². The van der Waals surface area contributed by atoms with Gasteiger partial charge in [0.15, 0.2) is 0 Å². The van der Waals surface area contributed by atoms with Crippen molar-refractivity contribution in [3.05, 3.63) is 58.4 Å². The van der Waals surface area contributed by atoms with Gasteiger partial charge in [-0.3, -0.25) is 9.59 Å². The number of hydrogen-bond acceptors (Lipinski definition) is 5. The highest BCUT2D eigenvalue weighted by Crippen LogP contribution is 2.20. The summed E-state index contributed by atoms with van der Waals surface area (Å²) in [6.07, 6.45) is 0. The second-order valence-corrected chi connectivity index (χ2v) is 5.97. The number of aromatic nitrogens is 1. The number of rotatable bonds is 8. The van der Waals surface area contributed by atoms with Gasteiger partial charge in [-0.1, -0.05) is 30.3 Å². The molecule has 0 spiro atoms. The molecule has 1 aromatic heterocycles. The minimum absolute atomic E-state index is 0.110. The number of carbonyl (C=O) groups is 3. The summed E-state index contributed by atoms with van der Waals surface area (Å²) in [6, 6.07) is 7.69. The molecule has 0 saturated carbocycles. The molecule has 2 rings (SSSR count). The van der Waals surface area contributed by atoms with Crippen molar-refractivity contribution in [3.8, 4) is 0 Å². The highest BCUT2D eigenvalue weighted by atomic mass is 16.6.